The average Bonchev–Trinajstić information content (AvgIpc) is 2.57. The number of ketones is 2. The van der Waals surface area contributed by atoms with Crippen LogP contribution in [0.5, 0.6) is 0 Å². The van der Waals surface area contributed by atoms with Crippen molar-refractivity contribution in [3.05, 3.63) is 0 Å². The second kappa shape index (κ2) is 12.3. The summed E-state index contributed by atoms with van der Waals surface area (Å²) in [5, 5.41) is 12.2. The van der Waals surface area contributed by atoms with E-state index >= 15 is 0 Å². The molecule has 5 N–H and O–H groups in total. The lowest BCUT2D eigenvalue weighted by Crippen LogP contribution is -2.50. The molecule has 9 heteroatoms. The highest BCUT2D eigenvalue weighted by molar-refractivity contribution is 6.26. The first-order chi connectivity index (χ1) is 11.7. The number of likely N-dealkylation sites (N-methyl/N-ethyl adjacent to an activating group) is 1. The maximum absolute atomic E-state index is 12.3. The topological polar surface area (TPSA) is 151 Å². The number of carbonyl (C=O) groups excluding carboxylic acids is 4. The number of hydrogen-bond donors (Lipinski definition) is 4. The van der Waals surface area contributed by atoms with Crippen LogP contribution in [-0.4, -0.2) is 61.4 Å². The predicted octanol–water partition coefficient (Wildman–Crippen LogP) is -0.682. The lowest BCUT2D eigenvalue weighted by atomic mass is 10.1. The number of hydrogen-bond acceptors (Lipinski definition) is 8. The number of amides is 1. The lowest BCUT2D eigenvalue weighted by Gasteiger charge is -2.22. The molecule has 0 radical (unpaired) electrons. The molecule has 0 rings (SSSR count). The summed E-state index contributed by atoms with van der Waals surface area (Å²) < 4.78 is 5.10. The van der Waals surface area contributed by atoms with Crippen LogP contribution in [0.2, 0.25) is 0 Å². The molecule has 0 saturated heterocycles. The van der Waals surface area contributed by atoms with Gasteiger partial charge in [-0.1, -0.05) is 0 Å². The molecule has 0 aromatic carbocycles. The zero-order chi connectivity index (χ0) is 19.4. The molecule has 1 amide bonds. The van der Waals surface area contributed by atoms with E-state index in [0.29, 0.717) is 6.21 Å². The summed E-state index contributed by atoms with van der Waals surface area (Å²) in [6.07, 6.45) is 0.655. The number of nitrogens with two attached hydrogens (primary N) is 1. The zero-order valence-electron chi connectivity index (χ0n) is 15.0. The highest BCUT2D eigenvalue weighted by Crippen LogP contribution is 2.05. The molecule has 0 aromatic rings. The van der Waals surface area contributed by atoms with Crippen molar-refractivity contribution in [1.82, 2.24) is 10.6 Å². The molecule has 0 aliphatic carbocycles. The molecular weight excluding hydrogens is 328 g/mol. The van der Waals surface area contributed by atoms with Gasteiger partial charge in [0.25, 0.3) is 0 Å². The second-order valence-corrected chi connectivity index (χ2v) is 5.82. The summed E-state index contributed by atoms with van der Waals surface area (Å²) in [6.45, 7) is 3.26. The van der Waals surface area contributed by atoms with Crippen molar-refractivity contribution in [3.63, 3.8) is 0 Å². The summed E-state index contributed by atoms with van der Waals surface area (Å²) in [7, 11) is 1.57. The Kier molecular flexibility index (Phi) is 11.2. The van der Waals surface area contributed by atoms with Gasteiger partial charge in [0.05, 0.1) is 24.9 Å². The Morgan fingerprint density at radius 2 is 1.72 bits per heavy atom. The van der Waals surface area contributed by atoms with Gasteiger partial charge in [0.15, 0.2) is 5.78 Å². The second-order valence-electron chi connectivity index (χ2n) is 5.82. The molecule has 0 saturated carbocycles. The van der Waals surface area contributed by atoms with Gasteiger partial charge >= 0.3 is 5.97 Å². The van der Waals surface area contributed by atoms with Gasteiger partial charge in [0.2, 0.25) is 5.91 Å². The summed E-state index contributed by atoms with van der Waals surface area (Å²) in [5.74, 6) is -1.73. The van der Waals surface area contributed by atoms with Crippen LogP contribution in [0, 0.1) is 5.41 Å². The monoisotopic (exact) mass is 356 g/mol. The van der Waals surface area contributed by atoms with E-state index in [1.165, 1.54) is 0 Å². The normalized spacial score (nSPS) is 13.0. The minimum atomic E-state index is -1.00. The Morgan fingerprint density at radius 1 is 1.12 bits per heavy atom. The van der Waals surface area contributed by atoms with Crippen molar-refractivity contribution in [2.75, 3.05) is 13.6 Å². The number of carbonyl (C=O) groups is 4. The summed E-state index contributed by atoms with van der Waals surface area (Å²) in [4.78, 5) is 47.0. The van der Waals surface area contributed by atoms with Crippen molar-refractivity contribution < 1.29 is 23.9 Å². The molecule has 25 heavy (non-hydrogen) atoms. The van der Waals surface area contributed by atoms with E-state index in [1.54, 1.807) is 20.9 Å². The lowest BCUT2D eigenvalue weighted by molar-refractivity contribution is -0.152. The van der Waals surface area contributed by atoms with E-state index < -0.39 is 29.7 Å². The van der Waals surface area contributed by atoms with Crippen LogP contribution in [0.15, 0.2) is 0 Å². The van der Waals surface area contributed by atoms with Crippen LogP contribution < -0.4 is 16.4 Å². The molecular formula is C16H28N4O5. The Hall–Kier alpha value is -2.13. The molecule has 0 heterocycles. The van der Waals surface area contributed by atoms with Crippen molar-refractivity contribution in [2.24, 2.45) is 5.73 Å². The van der Waals surface area contributed by atoms with Crippen LogP contribution in [0.4, 0.5) is 0 Å². The van der Waals surface area contributed by atoms with E-state index in [2.05, 4.69) is 10.6 Å². The van der Waals surface area contributed by atoms with Crippen molar-refractivity contribution in [2.45, 2.75) is 57.7 Å². The Balaban J connectivity index is 4.89. The zero-order valence-corrected chi connectivity index (χ0v) is 15.0. The molecule has 0 fully saturated rings. The van der Waals surface area contributed by atoms with Crippen molar-refractivity contribution in [3.8, 4) is 0 Å². The fraction of sp³-hybridized carbons (Fsp3) is 0.688. The SMILES string of the molecule is CNC(CCC(=O)CN)C(=O)NC(CCC(=O)C=N)C(=O)OC(C)C. The van der Waals surface area contributed by atoms with E-state index in [-0.39, 0.29) is 44.1 Å². The van der Waals surface area contributed by atoms with Gasteiger partial charge in [-0.15, -0.1) is 0 Å². The number of esters is 1. The van der Waals surface area contributed by atoms with Gasteiger partial charge < -0.3 is 26.5 Å². The largest absolute Gasteiger partial charge is 0.461 e. The fourth-order valence-corrected chi connectivity index (χ4v) is 2.01. The Labute approximate surface area is 147 Å². The maximum atomic E-state index is 12.3. The van der Waals surface area contributed by atoms with Crippen LogP contribution in [0.25, 0.3) is 0 Å². The van der Waals surface area contributed by atoms with Crippen LogP contribution in [0.3, 0.4) is 0 Å². The first kappa shape index (κ1) is 22.9. The first-order valence-corrected chi connectivity index (χ1v) is 8.18. The van der Waals surface area contributed by atoms with Gasteiger partial charge in [-0.25, -0.2) is 4.79 Å². The Bertz CT molecular complexity index is 493. The maximum Gasteiger partial charge on any atom is 0.328 e. The smallest absolute Gasteiger partial charge is 0.328 e. The summed E-state index contributed by atoms with van der Waals surface area (Å²) >= 11 is 0. The molecule has 2 atom stereocenters. The highest BCUT2D eigenvalue weighted by Gasteiger charge is 2.27. The van der Waals surface area contributed by atoms with Gasteiger partial charge in [0, 0.05) is 12.8 Å². The third-order valence-corrected chi connectivity index (χ3v) is 3.40. The predicted molar refractivity (Wildman–Crippen MR) is 92.3 cm³/mol. The minimum absolute atomic E-state index is 0.0314. The minimum Gasteiger partial charge on any atom is -0.461 e. The van der Waals surface area contributed by atoms with E-state index in [1.807, 2.05) is 0 Å². The molecule has 9 nitrogen and oxygen atoms in total. The van der Waals surface area contributed by atoms with Crippen LogP contribution >= 0.6 is 0 Å². The number of ether oxygens (including phenoxy) is 1. The van der Waals surface area contributed by atoms with E-state index in [9.17, 15) is 19.2 Å². The van der Waals surface area contributed by atoms with E-state index in [4.69, 9.17) is 15.9 Å². The van der Waals surface area contributed by atoms with Crippen LogP contribution in [-0.2, 0) is 23.9 Å². The highest BCUT2D eigenvalue weighted by atomic mass is 16.5. The molecule has 0 aromatic heterocycles. The molecule has 142 valence electrons. The van der Waals surface area contributed by atoms with Gasteiger partial charge in [0.1, 0.15) is 11.8 Å². The van der Waals surface area contributed by atoms with Gasteiger partial charge in [-0.3, -0.25) is 14.4 Å². The number of rotatable bonds is 13. The number of Topliss-reactive ketones (excluding diaryl/α,β-unsaturated/α-hetero) is 2. The molecule has 0 aliphatic rings. The summed E-state index contributed by atoms with van der Waals surface area (Å²) in [6, 6.07) is -1.68. The Morgan fingerprint density at radius 3 is 2.20 bits per heavy atom. The molecule has 0 aliphatic heterocycles. The molecule has 0 spiro atoms. The fourth-order valence-electron chi connectivity index (χ4n) is 2.01. The quantitative estimate of drug-likeness (QED) is 0.252. The van der Waals surface area contributed by atoms with Gasteiger partial charge in [-0.2, -0.15) is 0 Å². The molecule has 2 unspecified atom stereocenters. The van der Waals surface area contributed by atoms with Gasteiger partial charge in [-0.05, 0) is 33.7 Å². The van der Waals surface area contributed by atoms with Crippen molar-refractivity contribution in [1.29, 1.82) is 5.41 Å². The number of nitrogens with one attached hydrogen (secondary N) is 3. The summed E-state index contributed by atoms with van der Waals surface area (Å²) in [5.41, 5.74) is 5.24. The van der Waals surface area contributed by atoms with Crippen molar-refractivity contribution >= 4 is 29.7 Å². The van der Waals surface area contributed by atoms with E-state index in [0.717, 1.165) is 0 Å². The molecule has 0 bridgehead atoms. The average molecular weight is 356 g/mol. The third-order valence-electron chi connectivity index (χ3n) is 3.40. The standard InChI is InChI=1S/C16H28N4O5/c1-10(2)25-16(24)14(7-5-12(22)9-18)20-15(23)13(19-3)6-4-11(21)8-17/h9-10,13-14,18-19H,4-8,17H2,1-3H3,(H,20,23). The van der Waals surface area contributed by atoms with Crippen LogP contribution in [0.1, 0.15) is 39.5 Å². The third kappa shape index (κ3) is 9.68. The first-order valence-electron chi connectivity index (χ1n) is 8.18.